The van der Waals surface area contributed by atoms with Crippen LogP contribution in [0, 0.1) is 5.92 Å². The van der Waals surface area contributed by atoms with Crippen molar-refractivity contribution in [1.82, 2.24) is 10.3 Å². The molecule has 112 valence electrons. The molecule has 1 aliphatic heterocycles. The van der Waals surface area contributed by atoms with Gasteiger partial charge in [-0.3, -0.25) is 4.79 Å². The summed E-state index contributed by atoms with van der Waals surface area (Å²) in [6.07, 6.45) is 3.89. The summed E-state index contributed by atoms with van der Waals surface area (Å²) < 4.78 is 0. The highest BCUT2D eigenvalue weighted by Crippen LogP contribution is 2.27. The van der Waals surface area contributed by atoms with E-state index in [1.54, 1.807) is 23.1 Å². The molecule has 1 aliphatic rings. The zero-order valence-electron chi connectivity index (χ0n) is 12.0. The number of rotatable bonds is 5. The van der Waals surface area contributed by atoms with Gasteiger partial charge in [-0.25, -0.2) is 4.98 Å². The Balaban J connectivity index is 1.85. The number of hydrogen-bond donors (Lipinski definition) is 2. The summed E-state index contributed by atoms with van der Waals surface area (Å²) in [5.41, 5.74) is -1.17. The van der Waals surface area contributed by atoms with Gasteiger partial charge in [-0.15, -0.1) is 11.3 Å². The molecule has 0 bridgehead atoms. The number of nitrogens with zero attached hydrogens (tertiary/aromatic N) is 1. The van der Waals surface area contributed by atoms with Crippen LogP contribution in [0.15, 0.2) is 6.20 Å². The third kappa shape index (κ3) is 4.20. The van der Waals surface area contributed by atoms with E-state index in [1.165, 1.54) is 0 Å². The highest BCUT2D eigenvalue weighted by Gasteiger charge is 2.37. The number of hydrogen-bond acceptors (Lipinski definition) is 5. The number of aliphatic hydroxyl groups is 1. The van der Waals surface area contributed by atoms with Gasteiger partial charge >= 0.3 is 0 Å². The minimum absolute atomic E-state index is 0.239. The topological polar surface area (TPSA) is 62.2 Å². The van der Waals surface area contributed by atoms with Crippen molar-refractivity contribution in [2.45, 2.75) is 45.3 Å². The molecule has 2 rings (SSSR count). The van der Waals surface area contributed by atoms with Gasteiger partial charge in [-0.05, 0) is 30.3 Å². The van der Waals surface area contributed by atoms with Crippen LogP contribution in [0.25, 0.3) is 0 Å². The van der Waals surface area contributed by atoms with Crippen molar-refractivity contribution >= 4 is 29.0 Å². The van der Waals surface area contributed by atoms with Gasteiger partial charge in [-0.2, -0.15) is 11.8 Å². The first-order chi connectivity index (χ1) is 9.49. The van der Waals surface area contributed by atoms with Gasteiger partial charge < -0.3 is 10.4 Å². The van der Waals surface area contributed by atoms with E-state index < -0.39 is 5.60 Å². The molecule has 1 aromatic rings. The number of amides is 1. The van der Waals surface area contributed by atoms with Crippen LogP contribution in [0.5, 0.6) is 0 Å². The van der Waals surface area contributed by atoms with Gasteiger partial charge in [0.15, 0.2) is 0 Å². The second kappa shape index (κ2) is 6.91. The SMILES string of the molecule is CC(C)Cc1ncc(CNC(=O)C2(O)CCSCC2)s1. The minimum Gasteiger partial charge on any atom is -0.380 e. The lowest BCUT2D eigenvalue weighted by Gasteiger charge is -2.30. The quantitative estimate of drug-likeness (QED) is 0.875. The van der Waals surface area contributed by atoms with E-state index >= 15 is 0 Å². The molecule has 0 aliphatic carbocycles. The van der Waals surface area contributed by atoms with Gasteiger partial charge in [0.25, 0.3) is 5.91 Å². The first-order valence-corrected chi connectivity index (χ1v) is 8.99. The predicted molar refractivity (Wildman–Crippen MR) is 84.0 cm³/mol. The van der Waals surface area contributed by atoms with Crippen LogP contribution in [-0.4, -0.2) is 33.1 Å². The molecule has 0 unspecified atom stereocenters. The van der Waals surface area contributed by atoms with Crippen molar-refractivity contribution in [3.8, 4) is 0 Å². The average Bonchev–Trinajstić information content (AvgIpc) is 2.83. The van der Waals surface area contributed by atoms with E-state index in [2.05, 4.69) is 24.1 Å². The highest BCUT2D eigenvalue weighted by atomic mass is 32.2. The lowest BCUT2D eigenvalue weighted by atomic mass is 9.96. The van der Waals surface area contributed by atoms with Crippen LogP contribution < -0.4 is 5.32 Å². The van der Waals surface area contributed by atoms with Crippen molar-refractivity contribution in [3.63, 3.8) is 0 Å². The number of thiazole rings is 1. The largest absolute Gasteiger partial charge is 0.380 e. The van der Waals surface area contributed by atoms with E-state index in [9.17, 15) is 9.90 Å². The molecule has 0 saturated carbocycles. The first-order valence-electron chi connectivity index (χ1n) is 7.01. The minimum atomic E-state index is -1.17. The maximum absolute atomic E-state index is 12.1. The standard InChI is InChI=1S/C14H22N2O2S2/c1-10(2)7-12-15-8-11(20-12)9-16-13(17)14(18)3-5-19-6-4-14/h8,10,18H,3-7,9H2,1-2H3,(H,16,17). The van der Waals surface area contributed by atoms with Crippen molar-refractivity contribution < 1.29 is 9.90 Å². The lowest BCUT2D eigenvalue weighted by Crippen LogP contribution is -2.48. The summed E-state index contributed by atoms with van der Waals surface area (Å²) in [6, 6.07) is 0. The van der Waals surface area contributed by atoms with E-state index in [0.29, 0.717) is 25.3 Å². The van der Waals surface area contributed by atoms with Crippen molar-refractivity contribution in [3.05, 3.63) is 16.1 Å². The van der Waals surface area contributed by atoms with Gasteiger partial charge in [0.2, 0.25) is 0 Å². The average molecular weight is 314 g/mol. The van der Waals surface area contributed by atoms with Crippen molar-refractivity contribution in [2.24, 2.45) is 5.92 Å². The third-order valence-corrected chi connectivity index (χ3v) is 5.36. The Morgan fingerprint density at radius 1 is 1.50 bits per heavy atom. The number of carbonyl (C=O) groups excluding carboxylic acids is 1. The van der Waals surface area contributed by atoms with Crippen LogP contribution in [0.3, 0.4) is 0 Å². The number of thioether (sulfide) groups is 1. The van der Waals surface area contributed by atoms with Crippen LogP contribution in [0.1, 0.15) is 36.6 Å². The molecule has 2 N–H and O–H groups in total. The van der Waals surface area contributed by atoms with E-state index in [4.69, 9.17) is 0 Å². The van der Waals surface area contributed by atoms with Gasteiger partial charge in [-0.1, -0.05) is 13.8 Å². The number of aromatic nitrogens is 1. The van der Waals surface area contributed by atoms with Gasteiger partial charge in [0.05, 0.1) is 11.6 Å². The lowest BCUT2D eigenvalue weighted by molar-refractivity contribution is -0.140. The monoisotopic (exact) mass is 314 g/mol. The van der Waals surface area contributed by atoms with Gasteiger partial charge in [0, 0.05) is 17.5 Å². The maximum Gasteiger partial charge on any atom is 0.252 e. The van der Waals surface area contributed by atoms with Crippen molar-refractivity contribution in [2.75, 3.05) is 11.5 Å². The van der Waals surface area contributed by atoms with E-state index in [0.717, 1.165) is 27.8 Å². The molecule has 0 aromatic carbocycles. The normalized spacial score (nSPS) is 18.2. The van der Waals surface area contributed by atoms with Crippen molar-refractivity contribution in [1.29, 1.82) is 0 Å². The summed E-state index contributed by atoms with van der Waals surface area (Å²) in [5, 5.41) is 14.3. The first kappa shape index (κ1) is 15.8. The second-order valence-corrected chi connectivity index (χ2v) is 8.07. The fourth-order valence-corrected chi connectivity index (χ4v) is 4.38. The maximum atomic E-state index is 12.1. The van der Waals surface area contributed by atoms with E-state index in [1.807, 2.05) is 6.20 Å². The number of carbonyl (C=O) groups is 1. The third-order valence-electron chi connectivity index (χ3n) is 3.35. The van der Waals surface area contributed by atoms with Crippen LogP contribution in [-0.2, 0) is 17.8 Å². The highest BCUT2D eigenvalue weighted by molar-refractivity contribution is 7.99. The summed E-state index contributed by atoms with van der Waals surface area (Å²) in [7, 11) is 0. The van der Waals surface area contributed by atoms with Crippen LogP contribution in [0.2, 0.25) is 0 Å². The molecule has 0 spiro atoms. The molecule has 1 saturated heterocycles. The summed E-state index contributed by atoms with van der Waals surface area (Å²) in [5.74, 6) is 2.05. The van der Waals surface area contributed by atoms with E-state index in [-0.39, 0.29) is 5.91 Å². The molecule has 1 aromatic heterocycles. The van der Waals surface area contributed by atoms with Crippen LogP contribution in [0.4, 0.5) is 0 Å². The summed E-state index contributed by atoms with van der Waals surface area (Å²) in [4.78, 5) is 17.5. The molecule has 20 heavy (non-hydrogen) atoms. The molecule has 4 nitrogen and oxygen atoms in total. The fourth-order valence-electron chi connectivity index (χ4n) is 2.14. The summed E-state index contributed by atoms with van der Waals surface area (Å²) in [6.45, 7) is 4.79. The predicted octanol–water partition coefficient (Wildman–Crippen LogP) is 2.22. The molecule has 6 heteroatoms. The Morgan fingerprint density at radius 3 is 2.85 bits per heavy atom. The smallest absolute Gasteiger partial charge is 0.252 e. The molecule has 0 radical (unpaired) electrons. The second-order valence-electron chi connectivity index (χ2n) is 5.64. The molecule has 0 atom stereocenters. The zero-order chi connectivity index (χ0) is 14.6. The molecular formula is C14H22N2O2S2. The molecular weight excluding hydrogens is 292 g/mol. The summed E-state index contributed by atoms with van der Waals surface area (Å²) >= 11 is 3.43. The Labute approximate surface area is 128 Å². The molecule has 1 fully saturated rings. The Kier molecular flexibility index (Phi) is 5.46. The fraction of sp³-hybridized carbons (Fsp3) is 0.714. The Bertz CT molecular complexity index is 454. The molecule has 2 heterocycles. The Morgan fingerprint density at radius 2 is 2.20 bits per heavy atom. The number of nitrogens with one attached hydrogen (secondary N) is 1. The zero-order valence-corrected chi connectivity index (χ0v) is 13.6. The molecule has 1 amide bonds. The Hall–Kier alpha value is -0.590. The van der Waals surface area contributed by atoms with Gasteiger partial charge in [0.1, 0.15) is 5.60 Å². The van der Waals surface area contributed by atoms with Crippen LogP contribution >= 0.6 is 23.1 Å².